The fourth-order valence-electron chi connectivity index (χ4n) is 2.58. The van der Waals surface area contributed by atoms with Crippen LogP contribution in [0.2, 0.25) is 0 Å². The highest BCUT2D eigenvalue weighted by atomic mass is 16.5. The summed E-state index contributed by atoms with van der Waals surface area (Å²) in [6.45, 7) is 7.55. The van der Waals surface area contributed by atoms with Crippen molar-refractivity contribution in [2.75, 3.05) is 7.11 Å². The van der Waals surface area contributed by atoms with Crippen molar-refractivity contribution in [2.45, 2.75) is 40.7 Å². The Kier molecular flexibility index (Phi) is 5.33. The summed E-state index contributed by atoms with van der Waals surface area (Å²) >= 11 is 0. The second kappa shape index (κ2) is 7.25. The van der Waals surface area contributed by atoms with E-state index < -0.39 is 0 Å². The number of carbonyl (C=O) groups is 1. The molecule has 0 fully saturated rings. The summed E-state index contributed by atoms with van der Waals surface area (Å²) in [6.07, 6.45) is -0.0188. The van der Waals surface area contributed by atoms with E-state index in [1.165, 1.54) is 0 Å². The minimum atomic E-state index is -0.277. The molecule has 2 heterocycles. The summed E-state index contributed by atoms with van der Waals surface area (Å²) in [4.78, 5) is 35.3. The first kappa shape index (κ1) is 17.7. The molecule has 2 N–H and O–H groups in total. The molecule has 0 saturated carbocycles. The third-order valence-corrected chi connectivity index (χ3v) is 3.77. The molecule has 0 aromatic carbocycles. The van der Waals surface area contributed by atoms with Gasteiger partial charge >= 0.3 is 0 Å². The summed E-state index contributed by atoms with van der Waals surface area (Å²) in [5.41, 5.74) is 3.34. The SMILES string of the molecule is COc1nc(C)cc(C)c1CNC(=O)Cc1c(C)nc(C)[nH]c1=O. The molecule has 0 radical (unpaired) electrons. The van der Waals surface area contributed by atoms with Crippen LogP contribution in [0, 0.1) is 27.7 Å². The van der Waals surface area contributed by atoms with Gasteiger partial charge in [0, 0.05) is 29.1 Å². The number of hydrogen-bond donors (Lipinski definition) is 2. The molecule has 128 valence electrons. The monoisotopic (exact) mass is 330 g/mol. The van der Waals surface area contributed by atoms with E-state index in [1.54, 1.807) is 21.0 Å². The molecule has 0 aliphatic rings. The molecule has 0 aliphatic carbocycles. The van der Waals surface area contributed by atoms with Gasteiger partial charge in [-0.3, -0.25) is 9.59 Å². The number of methoxy groups -OCH3 is 1. The normalized spacial score (nSPS) is 10.5. The molecule has 7 heteroatoms. The molecule has 0 atom stereocenters. The lowest BCUT2D eigenvalue weighted by Crippen LogP contribution is -2.29. The highest BCUT2D eigenvalue weighted by Gasteiger charge is 2.14. The Balaban J connectivity index is 2.11. The van der Waals surface area contributed by atoms with E-state index in [-0.39, 0.29) is 24.4 Å². The Morgan fingerprint density at radius 1 is 1.21 bits per heavy atom. The lowest BCUT2D eigenvalue weighted by molar-refractivity contribution is -0.120. The number of aromatic nitrogens is 3. The number of aromatic amines is 1. The Morgan fingerprint density at radius 3 is 2.54 bits per heavy atom. The minimum absolute atomic E-state index is 0.0188. The summed E-state index contributed by atoms with van der Waals surface area (Å²) in [6, 6.07) is 1.93. The maximum Gasteiger partial charge on any atom is 0.254 e. The van der Waals surface area contributed by atoms with E-state index in [2.05, 4.69) is 20.3 Å². The molecular formula is C17H22N4O3. The summed E-state index contributed by atoms with van der Waals surface area (Å²) in [7, 11) is 1.55. The average molecular weight is 330 g/mol. The lowest BCUT2D eigenvalue weighted by Gasteiger charge is -2.13. The van der Waals surface area contributed by atoms with Gasteiger partial charge in [-0.05, 0) is 39.3 Å². The van der Waals surface area contributed by atoms with E-state index in [9.17, 15) is 9.59 Å². The van der Waals surface area contributed by atoms with Crippen LogP contribution >= 0.6 is 0 Å². The third-order valence-electron chi connectivity index (χ3n) is 3.77. The van der Waals surface area contributed by atoms with E-state index in [1.807, 2.05) is 19.9 Å². The van der Waals surface area contributed by atoms with Gasteiger partial charge in [0.1, 0.15) is 5.82 Å². The molecule has 0 bridgehead atoms. The highest BCUT2D eigenvalue weighted by Crippen LogP contribution is 2.20. The van der Waals surface area contributed by atoms with Gasteiger partial charge in [0.2, 0.25) is 11.8 Å². The van der Waals surface area contributed by atoms with Crippen LogP contribution in [0.15, 0.2) is 10.9 Å². The predicted octanol–water partition coefficient (Wildman–Crippen LogP) is 1.27. The fraction of sp³-hybridized carbons (Fsp3) is 0.412. The number of amides is 1. The van der Waals surface area contributed by atoms with Crippen molar-refractivity contribution in [3.63, 3.8) is 0 Å². The van der Waals surface area contributed by atoms with Crippen LogP contribution in [0.1, 0.15) is 33.9 Å². The molecule has 0 aliphatic heterocycles. The van der Waals surface area contributed by atoms with Gasteiger partial charge in [0.15, 0.2) is 0 Å². The van der Waals surface area contributed by atoms with Crippen LogP contribution in [0.25, 0.3) is 0 Å². The fourth-order valence-corrected chi connectivity index (χ4v) is 2.58. The van der Waals surface area contributed by atoms with Crippen LogP contribution in [0.5, 0.6) is 5.88 Å². The van der Waals surface area contributed by atoms with Gasteiger partial charge in [0.05, 0.1) is 13.5 Å². The summed E-state index contributed by atoms with van der Waals surface area (Å²) in [5.74, 6) is 0.780. The average Bonchev–Trinajstić information content (AvgIpc) is 2.49. The van der Waals surface area contributed by atoms with Crippen LogP contribution < -0.4 is 15.6 Å². The van der Waals surface area contributed by atoms with Crippen molar-refractivity contribution in [3.05, 3.63) is 50.3 Å². The standard InChI is InChI=1S/C17H22N4O3/c1-9-6-10(2)19-17(24-5)14(9)8-18-15(22)7-13-11(3)20-12(4)21-16(13)23/h6H,7-8H2,1-5H3,(H,18,22)(H,20,21,23). The van der Waals surface area contributed by atoms with Gasteiger partial charge in [-0.2, -0.15) is 0 Å². The van der Waals surface area contributed by atoms with E-state index in [4.69, 9.17) is 4.74 Å². The van der Waals surface area contributed by atoms with Gasteiger partial charge < -0.3 is 15.0 Å². The van der Waals surface area contributed by atoms with Gasteiger partial charge in [-0.25, -0.2) is 9.97 Å². The zero-order valence-corrected chi connectivity index (χ0v) is 14.6. The minimum Gasteiger partial charge on any atom is -0.481 e. The van der Waals surface area contributed by atoms with Crippen molar-refractivity contribution in [3.8, 4) is 5.88 Å². The number of carbonyl (C=O) groups excluding carboxylic acids is 1. The summed E-state index contributed by atoms with van der Waals surface area (Å²) in [5, 5.41) is 2.81. The second-order valence-corrected chi connectivity index (χ2v) is 5.74. The highest BCUT2D eigenvalue weighted by molar-refractivity contribution is 5.78. The largest absolute Gasteiger partial charge is 0.481 e. The number of ether oxygens (including phenoxy) is 1. The van der Waals surface area contributed by atoms with Crippen LogP contribution in [-0.2, 0) is 17.8 Å². The lowest BCUT2D eigenvalue weighted by atomic mass is 10.1. The number of hydrogen-bond acceptors (Lipinski definition) is 5. The zero-order valence-electron chi connectivity index (χ0n) is 14.6. The van der Waals surface area contributed by atoms with Crippen molar-refractivity contribution in [2.24, 2.45) is 0 Å². The number of rotatable bonds is 5. The van der Waals surface area contributed by atoms with Crippen molar-refractivity contribution in [1.29, 1.82) is 0 Å². The first-order valence-electron chi connectivity index (χ1n) is 7.66. The number of H-pyrrole nitrogens is 1. The predicted molar refractivity (Wildman–Crippen MR) is 90.1 cm³/mol. The van der Waals surface area contributed by atoms with Crippen molar-refractivity contribution >= 4 is 5.91 Å². The Labute approximate surface area is 140 Å². The third kappa shape index (κ3) is 3.98. The molecule has 0 saturated heterocycles. The summed E-state index contributed by atoms with van der Waals surface area (Å²) < 4.78 is 5.28. The van der Waals surface area contributed by atoms with Gasteiger partial charge in [-0.15, -0.1) is 0 Å². The van der Waals surface area contributed by atoms with Gasteiger partial charge in [-0.1, -0.05) is 0 Å². The molecule has 24 heavy (non-hydrogen) atoms. The molecule has 0 spiro atoms. The van der Waals surface area contributed by atoms with E-state index >= 15 is 0 Å². The first-order valence-corrected chi connectivity index (χ1v) is 7.66. The van der Waals surface area contributed by atoms with Crippen molar-refractivity contribution < 1.29 is 9.53 Å². The Bertz CT molecular complexity index is 827. The number of nitrogens with zero attached hydrogens (tertiary/aromatic N) is 2. The van der Waals surface area contributed by atoms with Crippen molar-refractivity contribution in [1.82, 2.24) is 20.3 Å². The quantitative estimate of drug-likeness (QED) is 0.860. The topological polar surface area (TPSA) is 97.0 Å². The smallest absolute Gasteiger partial charge is 0.254 e. The van der Waals surface area contributed by atoms with E-state index in [0.29, 0.717) is 23.0 Å². The zero-order chi connectivity index (χ0) is 17.9. The number of aryl methyl sites for hydroxylation is 4. The number of pyridine rings is 1. The molecule has 0 unspecified atom stereocenters. The number of nitrogens with one attached hydrogen (secondary N) is 2. The van der Waals surface area contributed by atoms with E-state index in [0.717, 1.165) is 16.8 Å². The maximum absolute atomic E-state index is 12.2. The van der Waals surface area contributed by atoms with Gasteiger partial charge in [0.25, 0.3) is 5.56 Å². The molecule has 1 amide bonds. The molecule has 7 nitrogen and oxygen atoms in total. The van der Waals surface area contributed by atoms with Crippen LogP contribution in [0.3, 0.4) is 0 Å². The molecular weight excluding hydrogens is 308 g/mol. The maximum atomic E-state index is 12.2. The van der Waals surface area contributed by atoms with Crippen LogP contribution in [-0.4, -0.2) is 28.0 Å². The molecule has 2 aromatic heterocycles. The molecule has 2 aromatic rings. The first-order chi connectivity index (χ1) is 11.3. The Hall–Kier alpha value is -2.70. The second-order valence-electron chi connectivity index (χ2n) is 5.74. The molecule has 2 rings (SSSR count). The van der Waals surface area contributed by atoms with Crippen LogP contribution in [0.4, 0.5) is 0 Å². The Morgan fingerprint density at radius 2 is 1.92 bits per heavy atom.